The summed E-state index contributed by atoms with van der Waals surface area (Å²) in [5, 5.41) is 0.734. The van der Waals surface area contributed by atoms with Gasteiger partial charge in [-0.2, -0.15) is 0 Å². The number of rotatable bonds is 3. The highest BCUT2D eigenvalue weighted by molar-refractivity contribution is 9.10. The van der Waals surface area contributed by atoms with E-state index in [0.29, 0.717) is 5.92 Å². The van der Waals surface area contributed by atoms with Crippen LogP contribution in [0.4, 0.5) is 0 Å². The summed E-state index contributed by atoms with van der Waals surface area (Å²) in [5.41, 5.74) is 7.20. The van der Waals surface area contributed by atoms with Crippen LogP contribution < -0.4 is 5.73 Å². The summed E-state index contributed by atoms with van der Waals surface area (Å²) >= 11 is 9.33. The lowest BCUT2D eigenvalue weighted by Gasteiger charge is -2.16. The molecule has 0 aliphatic heterocycles. The van der Waals surface area contributed by atoms with E-state index in [0.717, 1.165) is 21.5 Å². The fourth-order valence-electron chi connectivity index (χ4n) is 1.44. The zero-order valence-electron chi connectivity index (χ0n) is 8.43. The van der Waals surface area contributed by atoms with Crippen molar-refractivity contribution < 1.29 is 0 Å². The molecule has 0 aliphatic carbocycles. The molecule has 1 aromatic carbocycles. The molecular formula is C11H15BrClN. The van der Waals surface area contributed by atoms with Crippen molar-refractivity contribution in [2.24, 2.45) is 11.7 Å². The van der Waals surface area contributed by atoms with Crippen molar-refractivity contribution >= 4 is 27.5 Å². The van der Waals surface area contributed by atoms with E-state index in [1.165, 1.54) is 0 Å². The third-order valence-corrected chi connectivity index (χ3v) is 3.01. The zero-order chi connectivity index (χ0) is 10.7. The van der Waals surface area contributed by atoms with Gasteiger partial charge in [-0.1, -0.05) is 47.4 Å². The van der Waals surface area contributed by atoms with Crippen LogP contribution in [-0.2, 0) is 0 Å². The molecule has 0 bridgehead atoms. The van der Waals surface area contributed by atoms with E-state index < -0.39 is 0 Å². The number of halogens is 2. The van der Waals surface area contributed by atoms with Crippen molar-refractivity contribution in [3.8, 4) is 0 Å². The third-order valence-electron chi connectivity index (χ3n) is 2.09. The van der Waals surface area contributed by atoms with E-state index in [9.17, 15) is 0 Å². The van der Waals surface area contributed by atoms with Gasteiger partial charge in [0, 0.05) is 15.5 Å². The van der Waals surface area contributed by atoms with Gasteiger partial charge < -0.3 is 5.73 Å². The maximum Gasteiger partial charge on any atom is 0.0417 e. The topological polar surface area (TPSA) is 26.0 Å². The summed E-state index contributed by atoms with van der Waals surface area (Å²) in [7, 11) is 0. The van der Waals surface area contributed by atoms with Crippen molar-refractivity contribution in [2.75, 3.05) is 0 Å². The summed E-state index contributed by atoms with van der Waals surface area (Å²) in [6.07, 6.45) is 0.986. The molecule has 78 valence electrons. The molecule has 0 aromatic heterocycles. The molecule has 0 spiro atoms. The Hall–Kier alpha value is -0.0500. The molecule has 0 saturated carbocycles. The molecule has 2 N–H and O–H groups in total. The first-order valence-corrected chi connectivity index (χ1v) is 5.88. The van der Waals surface area contributed by atoms with Gasteiger partial charge in [0.25, 0.3) is 0 Å². The van der Waals surface area contributed by atoms with Gasteiger partial charge in [0.2, 0.25) is 0 Å². The van der Waals surface area contributed by atoms with Gasteiger partial charge in [-0.25, -0.2) is 0 Å². The van der Waals surface area contributed by atoms with E-state index >= 15 is 0 Å². The monoisotopic (exact) mass is 275 g/mol. The Balaban J connectivity index is 2.84. The average molecular weight is 277 g/mol. The van der Waals surface area contributed by atoms with E-state index in [-0.39, 0.29) is 6.04 Å². The van der Waals surface area contributed by atoms with Gasteiger partial charge in [-0.15, -0.1) is 0 Å². The smallest absolute Gasteiger partial charge is 0.0417 e. The van der Waals surface area contributed by atoms with Crippen LogP contribution in [0.1, 0.15) is 31.9 Å². The SMILES string of the molecule is CC(C)CC(N)c1ccc(Cl)cc1Br. The number of hydrogen-bond donors (Lipinski definition) is 1. The van der Waals surface area contributed by atoms with Gasteiger partial charge in [0.05, 0.1) is 0 Å². The Kier molecular flexibility index (Phi) is 4.42. The molecule has 1 unspecified atom stereocenters. The first-order chi connectivity index (χ1) is 6.50. The molecule has 3 heteroatoms. The first-order valence-electron chi connectivity index (χ1n) is 4.71. The van der Waals surface area contributed by atoms with Crippen LogP contribution in [0.15, 0.2) is 22.7 Å². The summed E-state index contributed by atoms with van der Waals surface area (Å²) in [6.45, 7) is 4.34. The van der Waals surface area contributed by atoms with E-state index in [1.54, 1.807) is 0 Å². The molecule has 0 fully saturated rings. The fourth-order valence-corrected chi connectivity index (χ4v) is 2.41. The Morgan fingerprint density at radius 2 is 2.07 bits per heavy atom. The van der Waals surface area contributed by atoms with Crippen molar-refractivity contribution in [3.63, 3.8) is 0 Å². The van der Waals surface area contributed by atoms with Crippen LogP contribution in [0.2, 0.25) is 5.02 Å². The molecule has 0 radical (unpaired) electrons. The van der Waals surface area contributed by atoms with Gasteiger partial charge in [-0.3, -0.25) is 0 Å². The van der Waals surface area contributed by atoms with Gasteiger partial charge in [-0.05, 0) is 30.0 Å². The minimum absolute atomic E-state index is 0.0849. The normalized spacial score (nSPS) is 13.3. The van der Waals surface area contributed by atoms with Gasteiger partial charge in [0.15, 0.2) is 0 Å². The number of benzene rings is 1. The molecule has 14 heavy (non-hydrogen) atoms. The standard InChI is InChI=1S/C11H15BrClN/c1-7(2)5-11(14)9-4-3-8(13)6-10(9)12/h3-4,6-7,11H,5,14H2,1-2H3. The minimum atomic E-state index is 0.0849. The summed E-state index contributed by atoms with van der Waals surface area (Å²) in [5.74, 6) is 0.604. The third kappa shape index (κ3) is 3.26. The lowest BCUT2D eigenvalue weighted by atomic mass is 9.98. The minimum Gasteiger partial charge on any atom is -0.324 e. The Morgan fingerprint density at radius 1 is 1.43 bits per heavy atom. The highest BCUT2D eigenvalue weighted by atomic mass is 79.9. The first kappa shape index (κ1) is 12.0. The highest BCUT2D eigenvalue weighted by Crippen LogP contribution is 2.28. The average Bonchev–Trinajstić information content (AvgIpc) is 2.01. The lowest BCUT2D eigenvalue weighted by Crippen LogP contribution is -2.13. The molecule has 0 heterocycles. The highest BCUT2D eigenvalue weighted by Gasteiger charge is 2.11. The maximum absolute atomic E-state index is 6.07. The van der Waals surface area contributed by atoms with Crippen LogP contribution in [0.5, 0.6) is 0 Å². The summed E-state index contributed by atoms with van der Waals surface area (Å²) in [6, 6.07) is 5.83. The Labute approximate surface area is 98.8 Å². The van der Waals surface area contributed by atoms with Crippen molar-refractivity contribution in [3.05, 3.63) is 33.3 Å². The predicted molar refractivity (Wildman–Crippen MR) is 65.5 cm³/mol. The van der Waals surface area contributed by atoms with Crippen molar-refractivity contribution in [1.82, 2.24) is 0 Å². The molecule has 0 amide bonds. The van der Waals surface area contributed by atoms with E-state index in [2.05, 4.69) is 29.8 Å². The van der Waals surface area contributed by atoms with Gasteiger partial charge in [0.1, 0.15) is 0 Å². The fraction of sp³-hybridized carbons (Fsp3) is 0.455. The predicted octanol–water partition coefficient (Wildman–Crippen LogP) is 4.15. The largest absolute Gasteiger partial charge is 0.324 e. The van der Waals surface area contributed by atoms with Crippen LogP contribution in [-0.4, -0.2) is 0 Å². The summed E-state index contributed by atoms with van der Waals surface area (Å²) < 4.78 is 0.998. The van der Waals surface area contributed by atoms with Crippen LogP contribution in [0, 0.1) is 5.92 Å². The molecule has 0 aliphatic rings. The quantitative estimate of drug-likeness (QED) is 0.882. The van der Waals surface area contributed by atoms with Crippen LogP contribution in [0.25, 0.3) is 0 Å². The van der Waals surface area contributed by atoms with Crippen molar-refractivity contribution in [1.29, 1.82) is 0 Å². The molecule has 1 aromatic rings. The molecule has 1 atom stereocenters. The molecular weight excluding hydrogens is 261 g/mol. The number of nitrogens with two attached hydrogens (primary N) is 1. The van der Waals surface area contributed by atoms with Crippen LogP contribution in [0.3, 0.4) is 0 Å². The van der Waals surface area contributed by atoms with Gasteiger partial charge >= 0.3 is 0 Å². The Bertz CT molecular complexity index is 312. The zero-order valence-corrected chi connectivity index (χ0v) is 10.8. The van der Waals surface area contributed by atoms with E-state index in [4.69, 9.17) is 17.3 Å². The second kappa shape index (κ2) is 5.15. The maximum atomic E-state index is 6.07. The summed E-state index contributed by atoms with van der Waals surface area (Å²) in [4.78, 5) is 0. The van der Waals surface area contributed by atoms with Crippen molar-refractivity contribution in [2.45, 2.75) is 26.3 Å². The number of hydrogen-bond acceptors (Lipinski definition) is 1. The molecule has 1 nitrogen and oxygen atoms in total. The Morgan fingerprint density at radius 3 is 2.57 bits per heavy atom. The lowest BCUT2D eigenvalue weighted by molar-refractivity contribution is 0.509. The second-order valence-electron chi connectivity index (χ2n) is 3.90. The van der Waals surface area contributed by atoms with Crippen LogP contribution >= 0.6 is 27.5 Å². The molecule has 0 saturated heterocycles. The van der Waals surface area contributed by atoms with E-state index in [1.807, 2.05) is 18.2 Å². The molecule has 1 rings (SSSR count). The second-order valence-corrected chi connectivity index (χ2v) is 5.19.